The van der Waals surface area contributed by atoms with Crippen LogP contribution in [0.15, 0.2) is 17.2 Å². The van der Waals surface area contributed by atoms with Crippen LogP contribution in [0.4, 0.5) is 10.1 Å². The highest BCUT2D eigenvalue weighted by Crippen LogP contribution is 2.31. The van der Waals surface area contributed by atoms with Crippen LogP contribution in [0, 0.1) is 5.82 Å². The molecule has 1 aromatic rings. The van der Waals surface area contributed by atoms with Crippen LogP contribution in [0.3, 0.4) is 0 Å². The summed E-state index contributed by atoms with van der Waals surface area (Å²) in [5.41, 5.74) is 8.00. The van der Waals surface area contributed by atoms with Gasteiger partial charge >= 0.3 is 0 Å². The van der Waals surface area contributed by atoms with Crippen LogP contribution in [-0.4, -0.2) is 74.1 Å². The van der Waals surface area contributed by atoms with Gasteiger partial charge in [0.1, 0.15) is 11.9 Å². The van der Waals surface area contributed by atoms with Crippen LogP contribution in [0.25, 0.3) is 10.4 Å². The van der Waals surface area contributed by atoms with E-state index < -0.39 is 35.5 Å². The van der Waals surface area contributed by atoms with Gasteiger partial charge in [-0.15, -0.1) is 0 Å². The third-order valence-corrected chi connectivity index (χ3v) is 4.86. The zero-order valence-corrected chi connectivity index (χ0v) is 17.0. The Balaban J connectivity index is 1.53. The molecule has 13 heteroatoms. The third-order valence-electron chi connectivity index (χ3n) is 4.86. The van der Waals surface area contributed by atoms with Crippen LogP contribution >= 0.6 is 0 Å². The van der Waals surface area contributed by atoms with Crippen molar-refractivity contribution in [3.05, 3.63) is 39.5 Å². The van der Waals surface area contributed by atoms with Gasteiger partial charge < -0.3 is 14.8 Å². The van der Waals surface area contributed by atoms with Crippen molar-refractivity contribution in [3.63, 3.8) is 0 Å². The zero-order chi connectivity index (χ0) is 23.1. The summed E-state index contributed by atoms with van der Waals surface area (Å²) in [4.78, 5) is 52.2. The number of amides is 4. The van der Waals surface area contributed by atoms with Crippen molar-refractivity contribution in [1.82, 2.24) is 10.2 Å². The van der Waals surface area contributed by atoms with Crippen LogP contribution in [0.5, 0.6) is 0 Å². The maximum Gasteiger partial charge on any atom is 0.262 e. The average molecular weight is 448 g/mol. The van der Waals surface area contributed by atoms with E-state index in [1.165, 1.54) is 6.07 Å². The molecule has 2 aliphatic heterocycles. The monoisotopic (exact) mass is 448 g/mol. The van der Waals surface area contributed by atoms with Gasteiger partial charge in [0.05, 0.1) is 43.2 Å². The molecule has 2 heterocycles. The molecule has 0 aromatic heterocycles. The molecular formula is C19H21FN6O6. The topological polar surface area (TPSA) is 163 Å². The van der Waals surface area contributed by atoms with Gasteiger partial charge in [0.15, 0.2) is 0 Å². The average Bonchev–Trinajstić information content (AvgIpc) is 2.99. The van der Waals surface area contributed by atoms with Crippen molar-refractivity contribution in [3.8, 4) is 0 Å². The minimum absolute atomic E-state index is 0.00379. The van der Waals surface area contributed by atoms with E-state index in [1.54, 1.807) is 0 Å². The molecule has 2 N–H and O–H groups in total. The Hall–Kier alpha value is -3.54. The number of nitrogens with zero attached hydrogens (tertiary/aromatic N) is 4. The van der Waals surface area contributed by atoms with Gasteiger partial charge in [-0.2, -0.15) is 0 Å². The Bertz CT molecular complexity index is 979. The van der Waals surface area contributed by atoms with E-state index in [4.69, 9.17) is 15.0 Å². The lowest BCUT2D eigenvalue weighted by Gasteiger charge is -2.27. The van der Waals surface area contributed by atoms with Crippen molar-refractivity contribution in [2.75, 3.05) is 44.8 Å². The van der Waals surface area contributed by atoms with Crippen LogP contribution < -0.4 is 10.6 Å². The van der Waals surface area contributed by atoms with Crippen LogP contribution in [0.2, 0.25) is 0 Å². The molecule has 0 aliphatic carbocycles. The Morgan fingerprint density at radius 3 is 2.50 bits per heavy atom. The summed E-state index contributed by atoms with van der Waals surface area (Å²) in [6.45, 7) is 1.57. The highest BCUT2D eigenvalue weighted by Gasteiger charge is 2.45. The number of carbonyl (C=O) groups excluding carboxylic acids is 4. The van der Waals surface area contributed by atoms with Gasteiger partial charge in [-0.3, -0.25) is 29.4 Å². The summed E-state index contributed by atoms with van der Waals surface area (Å²) in [7, 11) is 0. The number of benzene rings is 1. The normalized spacial score (nSPS) is 17.8. The molecule has 1 saturated heterocycles. The van der Waals surface area contributed by atoms with Crippen molar-refractivity contribution >= 4 is 29.3 Å². The fraction of sp³-hybridized carbons (Fsp3) is 0.474. The first-order chi connectivity index (χ1) is 15.4. The molecule has 3 rings (SSSR count). The number of ether oxygens (including phenoxy) is 2. The number of piperidine rings is 1. The van der Waals surface area contributed by atoms with Crippen molar-refractivity contribution in [1.29, 1.82) is 0 Å². The predicted molar refractivity (Wildman–Crippen MR) is 107 cm³/mol. The molecule has 0 spiro atoms. The van der Waals surface area contributed by atoms with Gasteiger partial charge in [0.2, 0.25) is 11.8 Å². The Kier molecular flexibility index (Phi) is 7.71. The molecule has 1 atom stereocenters. The maximum atomic E-state index is 14.5. The van der Waals surface area contributed by atoms with Gasteiger partial charge in [0.25, 0.3) is 11.8 Å². The highest BCUT2D eigenvalue weighted by molar-refractivity contribution is 6.23. The van der Waals surface area contributed by atoms with E-state index >= 15 is 0 Å². The molecule has 12 nitrogen and oxygen atoms in total. The lowest BCUT2D eigenvalue weighted by Crippen LogP contribution is -2.54. The van der Waals surface area contributed by atoms with Crippen molar-refractivity contribution in [2.24, 2.45) is 5.11 Å². The van der Waals surface area contributed by atoms with Gasteiger partial charge in [0, 0.05) is 24.4 Å². The quantitative estimate of drug-likeness (QED) is 0.168. The predicted octanol–water partition coefficient (Wildman–Crippen LogP) is 0.982. The number of fused-ring (bicyclic) bond motifs is 1. The molecule has 2 aliphatic rings. The summed E-state index contributed by atoms with van der Waals surface area (Å²) in [5.74, 6) is -3.40. The molecular weight excluding hydrogens is 427 g/mol. The number of carbonyl (C=O) groups is 4. The molecule has 170 valence electrons. The molecule has 1 unspecified atom stereocenters. The standard InChI is InChI=1S/C19H21FN6O6/c20-13-9-11-12(10-14(13)22-3-5-31-7-8-32-6-4-23-25-21)19(30)26(18(11)29)15-1-2-16(27)24-17(15)28/h9-10,15,22H,1-8H2,(H,24,27,28). The number of rotatable bonds is 11. The molecule has 1 aromatic carbocycles. The van der Waals surface area contributed by atoms with E-state index in [1.807, 2.05) is 0 Å². The van der Waals surface area contributed by atoms with Crippen LogP contribution in [-0.2, 0) is 19.1 Å². The number of hydrogen-bond acceptors (Lipinski definition) is 8. The van der Waals surface area contributed by atoms with E-state index in [-0.39, 0.29) is 56.0 Å². The molecule has 4 amide bonds. The number of anilines is 1. The van der Waals surface area contributed by atoms with Gasteiger partial charge in [-0.25, -0.2) is 4.39 Å². The van der Waals surface area contributed by atoms with E-state index in [9.17, 15) is 23.6 Å². The summed E-state index contributed by atoms with van der Waals surface area (Å²) in [6, 6.07) is 1.08. The number of azide groups is 1. The minimum atomic E-state index is -1.11. The van der Waals surface area contributed by atoms with Crippen molar-refractivity contribution < 1.29 is 33.0 Å². The maximum absolute atomic E-state index is 14.5. The molecule has 1 fully saturated rings. The first kappa shape index (κ1) is 23.1. The fourth-order valence-electron chi connectivity index (χ4n) is 3.36. The van der Waals surface area contributed by atoms with Gasteiger partial charge in [-0.1, -0.05) is 5.11 Å². The van der Waals surface area contributed by atoms with Gasteiger partial charge in [-0.05, 0) is 24.1 Å². The van der Waals surface area contributed by atoms with E-state index in [0.29, 0.717) is 13.2 Å². The first-order valence-corrected chi connectivity index (χ1v) is 9.89. The Labute approximate surface area is 181 Å². The Morgan fingerprint density at radius 2 is 1.81 bits per heavy atom. The Morgan fingerprint density at radius 1 is 1.12 bits per heavy atom. The summed E-state index contributed by atoms with van der Waals surface area (Å²) in [5, 5.41) is 8.23. The summed E-state index contributed by atoms with van der Waals surface area (Å²) in [6.07, 6.45) is 0.0279. The first-order valence-electron chi connectivity index (χ1n) is 9.89. The van der Waals surface area contributed by atoms with Crippen LogP contribution in [0.1, 0.15) is 33.6 Å². The lowest BCUT2D eigenvalue weighted by molar-refractivity contribution is -0.136. The summed E-state index contributed by atoms with van der Waals surface area (Å²) < 4.78 is 25.0. The molecule has 0 radical (unpaired) electrons. The minimum Gasteiger partial charge on any atom is -0.380 e. The van der Waals surface area contributed by atoms with E-state index in [0.717, 1.165) is 11.0 Å². The van der Waals surface area contributed by atoms with Crippen molar-refractivity contribution in [2.45, 2.75) is 18.9 Å². The smallest absolute Gasteiger partial charge is 0.262 e. The fourth-order valence-corrected chi connectivity index (χ4v) is 3.36. The molecule has 32 heavy (non-hydrogen) atoms. The lowest BCUT2D eigenvalue weighted by atomic mass is 10.0. The second-order valence-corrected chi connectivity index (χ2v) is 6.93. The number of imide groups is 2. The zero-order valence-electron chi connectivity index (χ0n) is 17.0. The molecule has 0 bridgehead atoms. The number of nitrogens with one attached hydrogen (secondary N) is 2. The number of hydrogen-bond donors (Lipinski definition) is 2. The second-order valence-electron chi connectivity index (χ2n) is 6.93. The van der Waals surface area contributed by atoms with E-state index in [2.05, 4.69) is 20.7 Å². The SMILES string of the molecule is [N-]=[N+]=NCCOCCOCCNc1cc2c(cc1F)C(=O)N(C1CCC(=O)NC1=O)C2=O. The second kappa shape index (κ2) is 10.7. The number of halogens is 1. The highest BCUT2D eigenvalue weighted by atomic mass is 19.1. The summed E-state index contributed by atoms with van der Waals surface area (Å²) >= 11 is 0. The third kappa shape index (κ3) is 5.19. The molecule has 0 saturated carbocycles. The largest absolute Gasteiger partial charge is 0.380 e.